The molecule has 2 heteroatoms. The monoisotopic (exact) mass is 272 g/mol. The van der Waals surface area contributed by atoms with Gasteiger partial charge in [-0.25, -0.2) is 0 Å². The maximum atomic E-state index is 4.96. The minimum atomic E-state index is 0.941. The van der Waals surface area contributed by atoms with Gasteiger partial charge < -0.3 is 0 Å². The van der Waals surface area contributed by atoms with Gasteiger partial charge in [-0.2, -0.15) is 0 Å². The van der Waals surface area contributed by atoms with Crippen molar-refractivity contribution in [2.24, 2.45) is 0 Å². The average molecular weight is 273 g/mol. The number of unbranched alkanes of at least 4 members (excludes halogenated alkanes) is 2. The molecule has 0 saturated heterocycles. The second-order valence-electron chi connectivity index (χ2n) is 1.31. The van der Waals surface area contributed by atoms with Crippen LogP contribution in [0.2, 0.25) is 0 Å². The first-order valence-corrected chi connectivity index (χ1v) is 5.50. The Labute approximate surface area is 71.4 Å². The van der Waals surface area contributed by atoms with Crippen molar-refractivity contribution in [2.45, 2.75) is 26.2 Å². The Kier molecular flexibility index (Phi) is 22.7. The van der Waals surface area contributed by atoms with Gasteiger partial charge in [0, 0.05) is 6.42 Å². The molecule has 0 amide bonds. The molecule has 0 bridgehead atoms. The van der Waals surface area contributed by atoms with E-state index in [1.165, 1.54) is 12.8 Å². The van der Waals surface area contributed by atoms with E-state index in [-0.39, 0.29) is 0 Å². The van der Waals surface area contributed by atoms with Gasteiger partial charge in [-0.05, 0) is 6.42 Å². The maximum absolute atomic E-state index is 4.96. The third-order valence-electron chi connectivity index (χ3n) is 0.675. The van der Waals surface area contributed by atoms with Gasteiger partial charge in [0.25, 0.3) is 0 Å². The molecule has 0 spiro atoms. The van der Waals surface area contributed by atoms with Crippen LogP contribution in [0.5, 0.6) is 0 Å². The van der Waals surface area contributed by atoms with Gasteiger partial charge in [-0.1, -0.05) is 13.3 Å². The van der Waals surface area contributed by atoms with Crippen molar-refractivity contribution in [1.82, 2.24) is 0 Å². The molecule has 52 valence electrons. The van der Waals surface area contributed by atoms with E-state index in [1.54, 1.807) is 20.3 Å². The number of halogens is 1. The van der Waals surface area contributed by atoms with E-state index in [0.717, 1.165) is 6.42 Å². The van der Waals surface area contributed by atoms with Crippen LogP contribution in [0.25, 0.3) is 0 Å². The Morgan fingerprint density at radius 1 is 1.62 bits per heavy atom. The van der Waals surface area contributed by atoms with Crippen LogP contribution in [0.1, 0.15) is 26.2 Å². The van der Waals surface area contributed by atoms with Gasteiger partial charge in [-0.15, -0.1) is 12.3 Å². The summed E-state index contributed by atoms with van der Waals surface area (Å²) in [6, 6.07) is 0. The van der Waals surface area contributed by atoms with Gasteiger partial charge in [0.1, 0.15) is 0 Å². The molecule has 0 nitrogen and oxygen atoms in total. The normalized spacial score (nSPS) is 6.38. The van der Waals surface area contributed by atoms with Crippen LogP contribution in [0.15, 0.2) is 0 Å². The summed E-state index contributed by atoms with van der Waals surface area (Å²) in [5.74, 6) is 2.57. The molecule has 0 saturated carbocycles. The zero-order valence-electron chi connectivity index (χ0n) is 4.88. The van der Waals surface area contributed by atoms with Gasteiger partial charge in [0.2, 0.25) is 0 Å². The average Bonchev–Trinajstić information content (AvgIpc) is 1.88. The van der Waals surface area contributed by atoms with E-state index in [0.29, 0.717) is 0 Å². The van der Waals surface area contributed by atoms with Crippen molar-refractivity contribution in [3.8, 4) is 12.3 Å². The third kappa shape index (κ3) is 15.8. The Morgan fingerprint density at radius 2 is 2.12 bits per heavy atom. The zero-order valence-corrected chi connectivity index (χ0v) is 7.98. The topological polar surface area (TPSA) is 0 Å². The summed E-state index contributed by atoms with van der Waals surface area (Å²) < 4.78 is 0. The van der Waals surface area contributed by atoms with Crippen molar-refractivity contribution < 1.29 is 12.8 Å². The van der Waals surface area contributed by atoms with Crippen LogP contribution < -0.4 is 0 Å². The molecule has 0 aromatic heterocycles. The fourth-order valence-electron chi connectivity index (χ4n) is 0.279. The summed E-state index contributed by atoms with van der Waals surface area (Å²) in [6.45, 7) is 2.14. The molecule has 0 heterocycles. The standard InChI is InChI=1S/C6H10.Cu.HI/c1-3-5-6-4-2;;/h1H,4-6H2,2H3;;1H/q;+1;/p-1. The van der Waals surface area contributed by atoms with E-state index in [9.17, 15) is 0 Å². The minimum absolute atomic E-state index is 0.941. The van der Waals surface area contributed by atoms with Crippen LogP contribution in [0.3, 0.4) is 0 Å². The summed E-state index contributed by atoms with van der Waals surface area (Å²) >= 11 is 5.87. The Hall–Kier alpha value is 0.809. The first-order chi connectivity index (χ1) is 3.91. The van der Waals surface area contributed by atoms with Crippen LogP contribution >= 0.6 is 20.3 Å². The molecule has 0 aliphatic rings. The molecule has 0 aliphatic heterocycles. The van der Waals surface area contributed by atoms with E-state index >= 15 is 0 Å². The first-order valence-electron chi connectivity index (χ1n) is 2.46. The quantitative estimate of drug-likeness (QED) is 0.314. The fraction of sp³-hybridized carbons (Fsp3) is 0.667. The summed E-state index contributed by atoms with van der Waals surface area (Å²) in [5, 5.41) is 0. The molecule has 0 aliphatic carbocycles. The molecule has 0 aromatic carbocycles. The molecular formula is C6H10CuI. The molecule has 0 atom stereocenters. The predicted molar refractivity (Wildman–Crippen MR) is 42.4 cm³/mol. The van der Waals surface area contributed by atoms with Crippen molar-refractivity contribution in [1.29, 1.82) is 0 Å². The SMILES string of the molecule is C#CCCCC.[Cu][I]. The molecular weight excluding hydrogens is 263 g/mol. The van der Waals surface area contributed by atoms with E-state index in [1.807, 2.05) is 0 Å². The molecule has 8 heavy (non-hydrogen) atoms. The van der Waals surface area contributed by atoms with Crippen LogP contribution in [0.4, 0.5) is 0 Å². The summed E-state index contributed by atoms with van der Waals surface area (Å²) in [7, 11) is 0. The molecule has 0 unspecified atom stereocenters. The van der Waals surface area contributed by atoms with Gasteiger partial charge in [0.15, 0.2) is 0 Å². The van der Waals surface area contributed by atoms with E-state index in [4.69, 9.17) is 6.42 Å². The van der Waals surface area contributed by atoms with E-state index in [2.05, 4.69) is 25.6 Å². The Balaban J connectivity index is 0. The number of hydrogen-bond acceptors (Lipinski definition) is 0. The van der Waals surface area contributed by atoms with Crippen molar-refractivity contribution in [3.63, 3.8) is 0 Å². The summed E-state index contributed by atoms with van der Waals surface area (Å²) in [6.07, 6.45) is 8.30. The van der Waals surface area contributed by atoms with Gasteiger partial charge in [-0.3, -0.25) is 0 Å². The number of terminal acetylenes is 1. The van der Waals surface area contributed by atoms with Crippen LogP contribution in [-0.2, 0) is 12.8 Å². The first kappa shape index (κ1) is 11.6. The number of rotatable bonds is 2. The summed E-state index contributed by atoms with van der Waals surface area (Å²) in [4.78, 5) is 0. The third-order valence-corrected chi connectivity index (χ3v) is 0.675. The second kappa shape index (κ2) is 15.7. The zero-order chi connectivity index (χ0) is 6.83. The van der Waals surface area contributed by atoms with Crippen LogP contribution in [-0.4, -0.2) is 0 Å². The number of hydrogen-bond donors (Lipinski definition) is 0. The molecule has 0 N–H and O–H groups in total. The Morgan fingerprint density at radius 3 is 2.25 bits per heavy atom. The molecule has 0 radical (unpaired) electrons. The molecule has 0 rings (SSSR count). The summed E-state index contributed by atoms with van der Waals surface area (Å²) in [5.41, 5.74) is 0. The predicted octanol–water partition coefficient (Wildman–Crippen LogP) is 2.69. The van der Waals surface area contributed by atoms with E-state index < -0.39 is 0 Å². The van der Waals surface area contributed by atoms with Gasteiger partial charge >= 0.3 is 33.1 Å². The molecule has 0 fully saturated rings. The van der Waals surface area contributed by atoms with Crippen molar-refractivity contribution >= 4 is 20.3 Å². The Bertz CT molecular complexity index is 56.0. The van der Waals surface area contributed by atoms with Crippen molar-refractivity contribution in [2.75, 3.05) is 0 Å². The second-order valence-corrected chi connectivity index (χ2v) is 1.31. The van der Waals surface area contributed by atoms with Crippen molar-refractivity contribution in [3.05, 3.63) is 0 Å². The fourth-order valence-corrected chi connectivity index (χ4v) is 0.279. The van der Waals surface area contributed by atoms with Crippen LogP contribution in [0, 0.1) is 12.3 Å². The molecule has 0 aromatic rings. The van der Waals surface area contributed by atoms with Gasteiger partial charge in [0.05, 0.1) is 0 Å².